The number of rotatable bonds is 5. The molecule has 12 heteroatoms. The number of nitrogens with one attached hydrogen (secondary N) is 1. The van der Waals surface area contributed by atoms with Gasteiger partial charge in [0.1, 0.15) is 0 Å². The van der Waals surface area contributed by atoms with Gasteiger partial charge < -0.3 is 25.6 Å². The van der Waals surface area contributed by atoms with E-state index in [-0.39, 0.29) is 11.6 Å². The van der Waals surface area contributed by atoms with Gasteiger partial charge in [-0.1, -0.05) is 5.92 Å². The van der Waals surface area contributed by atoms with Gasteiger partial charge in [0.25, 0.3) is 5.91 Å². The maximum absolute atomic E-state index is 13.1. The Morgan fingerprint density at radius 2 is 2.00 bits per heavy atom. The maximum atomic E-state index is 13.1. The Hall–Kier alpha value is -3.82. The Morgan fingerprint density at radius 3 is 2.68 bits per heavy atom. The minimum atomic E-state index is -4.87. The quantitative estimate of drug-likeness (QED) is 0.487. The molecule has 1 aliphatic heterocycles. The van der Waals surface area contributed by atoms with E-state index in [2.05, 4.69) is 35.7 Å². The molecule has 3 aromatic rings. The summed E-state index contributed by atoms with van der Waals surface area (Å²) in [5.74, 6) is 1.71. The van der Waals surface area contributed by atoms with E-state index in [1.165, 1.54) is 6.07 Å². The van der Waals surface area contributed by atoms with E-state index in [4.69, 9.17) is 12.2 Å². The van der Waals surface area contributed by atoms with E-state index in [0.717, 1.165) is 54.3 Å². The number of anilines is 3. The summed E-state index contributed by atoms with van der Waals surface area (Å²) in [5, 5.41) is 2.91. The molecular formula is C25H23F3N6O2S. The average Bonchev–Trinajstić information content (AvgIpc) is 3.24. The van der Waals surface area contributed by atoms with Crippen molar-refractivity contribution in [3.8, 4) is 29.4 Å². The molecule has 2 aliphatic rings. The molecule has 0 saturated carbocycles. The van der Waals surface area contributed by atoms with E-state index in [0.29, 0.717) is 33.9 Å². The van der Waals surface area contributed by atoms with Crippen molar-refractivity contribution in [2.24, 2.45) is 5.73 Å². The molecule has 0 bridgehead atoms. The number of amides is 1. The van der Waals surface area contributed by atoms with Crippen LogP contribution in [0.3, 0.4) is 0 Å². The lowest BCUT2D eigenvalue weighted by molar-refractivity contribution is -0.274. The zero-order valence-corrected chi connectivity index (χ0v) is 20.7. The molecule has 1 aliphatic carbocycles. The number of halogens is 3. The van der Waals surface area contributed by atoms with Gasteiger partial charge in [-0.25, -0.2) is 9.97 Å². The number of aromatic nitrogens is 2. The molecule has 3 N–H and O–H groups in total. The number of fused-ring (bicyclic) bond motifs is 3. The molecule has 0 spiro atoms. The number of primary amides is 1. The van der Waals surface area contributed by atoms with Crippen molar-refractivity contribution in [3.63, 3.8) is 0 Å². The molecule has 5 rings (SSSR count). The van der Waals surface area contributed by atoms with Gasteiger partial charge in [0.2, 0.25) is 5.95 Å². The molecule has 8 nitrogen and oxygen atoms in total. The number of nitrogens with zero attached hydrogens (tertiary/aromatic N) is 4. The van der Waals surface area contributed by atoms with Crippen molar-refractivity contribution in [3.05, 3.63) is 45.3 Å². The number of hydrogen-bond donors (Lipinski definition) is 2. The van der Waals surface area contributed by atoms with Crippen LogP contribution in [0.25, 0.3) is 11.3 Å². The molecule has 1 amide bonds. The second kappa shape index (κ2) is 9.57. The standard InChI is InChI=1S/C25H23F3N6O2S/c1-3-19-20-16(22(37-19)23(29)35)6-4-14-13-30-24(32-21(14)20)31-17-12-15(34-10-8-33(2)9-11-34)5-7-18(17)36-25(26,27)28/h1,5,7,12-13H,4,6,8-11H2,2H3,(H2,29,35)(H,30,31,32). The summed E-state index contributed by atoms with van der Waals surface area (Å²) >= 11 is 1.14. The minimum Gasteiger partial charge on any atom is -0.404 e. The molecule has 0 unspecified atom stereocenters. The van der Waals surface area contributed by atoms with Gasteiger partial charge in [-0.2, -0.15) is 0 Å². The second-order valence-electron chi connectivity index (χ2n) is 8.83. The van der Waals surface area contributed by atoms with Gasteiger partial charge in [-0.15, -0.1) is 30.9 Å². The highest BCUT2D eigenvalue weighted by Crippen LogP contribution is 2.42. The second-order valence-corrected chi connectivity index (χ2v) is 9.85. The third kappa shape index (κ3) is 5.05. The highest BCUT2D eigenvalue weighted by Gasteiger charge is 2.33. The first kappa shape index (κ1) is 24.9. The van der Waals surface area contributed by atoms with Crippen LogP contribution in [-0.2, 0) is 12.8 Å². The van der Waals surface area contributed by atoms with E-state index >= 15 is 0 Å². The summed E-state index contributed by atoms with van der Waals surface area (Å²) in [6, 6.07) is 4.49. The molecule has 2 aromatic heterocycles. The lowest BCUT2D eigenvalue weighted by Crippen LogP contribution is -2.44. The Balaban J connectivity index is 1.53. The maximum Gasteiger partial charge on any atom is 0.573 e. The fourth-order valence-corrected chi connectivity index (χ4v) is 5.61. The predicted molar refractivity (Wildman–Crippen MR) is 135 cm³/mol. The van der Waals surface area contributed by atoms with Gasteiger partial charge in [0, 0.05) is 43.6 Å². The predicted octanol–water partition coefficient (Wildman–Crippen LogP) is 3.78. The highest BCUT2D eigenvalue weighted by atomic mass is 32.1. The van der Waals surface area contributed by atoms with Gasteiger partial charge in [-0.3, -0.25) is 4.79 Å². The number of terminal acetylenes is 1. The van der Waals surface area contributed by atoms with Crippen LogP contribution in [0, 0.1) is 12.3 Å². The monoisotopic (exact) mass is 528 g/mol. The Kier molecular flexibility index (Phi) is 6.43. The lowest BCUT2D eigenvalue weighted by atomic mass is 9.90. The van der Waals surface area contributed by atoms with E-state index in [1.807, 2.05) is 7.05 Å². The van der Waals surface area contributed by atoms with Gasteiger partial charge in [0.15, 0.2) is 5.75 Å². The Labute approximate surface area is 215 Å². The summed E-state index contributed by atoms with van der Waals surface area (Å²) in [7, 11) is 2.02. The Bertz CT molecular complexity index is 1410. The van der Waals surface area contributed by atoms with E-state index in [9.17, 15) is 18.0 Å². The van der Waals surface area contributed by atoms with Crippen molar-refractivity contribution in [2.45, 2.75) is 19.2 Å². The third-order valence-electron chi connectivity index (χ3n) is 6.41. The molecule has 192 valence electrons. The van der Waals surface area contributed by atoms with Crippen molar-refractivity contribution in [1.29, 1.82) is 0 Å². The number of thiophene rings is 1. The normalized spacial score (nSPS) is 15.5. The van der Waals surface area contributed by atoms with Crippen LogP contribution in [0.5, 0.6) is 5.75 Å². The number of alkyl halides is 3. The number of aryl methyl sites for hydroxylation is 1. The zero-order chi connectivity index (χ0) is 26.3. The fourth-order valence-electron chi connectivity index (χ4n) is 4.59. The van der Waals surface area contributed by atoms with Crippen LogP contribution in [-0.4, -0.2) is 60.4 Å². The molecule has 1 aromatic carbocycles. The summed E-state index contributed by atoms with van der Waals surface area (Å²) in [4.78, 5) is 26.1. The molecular weight excluding hydrogens is 505 g/mol. The molecule has 0 atom stereocenters. The fraction of sp³-hybridized carbons (Fsp3) is 0.320. The smallest absolute Gasteiger partial charge is 0.404 e. The first-order chi connectivity index (χ1) is 17.6. The summed E-state index contributed by atoms with van der Waals surface area (Å²) in [5.41, 5.74) is 9.11. The number of carbonyl (C=O) groups is 1. The van der Waals surface area contributed by atoms with E-state index < -0.39 is 18.0 Å². The largest absolute Gasteiger partial charge is 0.573 e. The number of ether oxygens (including phenoxy) is 1. The summed E-state index contributed by atoms with van der Waals surface area (Å²) in [6.45, 7) is 3.15. The lowest BCUT2D eigenvalue weighted by Gasteiger charge is -2.34. The van der Waals surface area contributed by atoms with Crippen molar-refractivity contribution < 1.29 is 22.7 Å². The topological polar surface area (TPSA) is 96.6 Å². The number of carbonyl (C=O) groups excluding carboxylic acids is 1. The van der Waals surface area contributed by atoms with Crippen LogP contribution < -0.4 is 20.7 Å². The molecule has 1 fully saturated rings. The highest BCUT2D eigenvalue weighted by molar-refractivity contribution is 7.15. The van der Waals surface area contributed by atoms with Gasteiger partial charge in [-0.05, 0) is 49.2 Å². The number of nitrogens with two attached hydrogens (primary N) is 1. The van der Waals surface area contributed by atoms with Crippen molar-refractivity contribution in [2.75, 3.05) is 43.4 Å². The molecule has 1 saturated heterocycles. The number of benzene rings is 1. The zero-order valence-electron chi connectivity index (χ0n) is 19.9. The van der Waals surface area contributed by atoms with Crippen LogP contribution in [0.1, 0.15) is 25.7 Å². The Morgan fingerprint density at radius 1 is 1.24 bits per heavy atom. The van der Waals surface area contributed by atoms with Crippen LogP contribution >= 0.6 is 11.3 Å². The average molecular weight is 529 g/mol. The SMILES string of the molecule is C#Cc1sc(C(N)=O)c2c1-c1nc(Nc3cc(N4CCN(C)CC4)ccc3OC(F)(F)F)ncc1CC2. The minimum absolute atomic E-state index is 0.0731. The first-order valence-electron chi connectivity index (χ1n) is 11.5. The molecule has 3 heterocycles. The first-order valence-corrected chi connectivity index (χ1v) is 12.3. The third-order valence-corrected chi connectivity index (χ3v) is 7.59. The number of hydrogen-bond acceptors (Lipinski definition) is 8. The van der Waals surface area contributed by atoms with Crippen LogP contribution in [0.4, 0.5) is 30.5 Å². The van der Waals surface area contributed by atoms with Crippen molar-refractivity contribution >= 4 is 34.6 Å². The van der Waals surface area contributed by atoms with Crippen LogP contribution in [0.2, 0.25) is 0 Å². The summed E-state index contributed by atoms with van der Waals surface area (Å²) < 4.78 is 43.7. The van der Waals surface area contributed by atoms with E-state index in [1.54, 1.807) is 18.3 Å². The van der Waals surface area contributed by atoms with Gasteiger partial charge >= 0.3 is 6.36 Å². The number of likely N-dealkylation sites (N-methyl/N-ethyl adjacent to an activating group) is 1. The summed E-state index contributed by atoms with van der Waals surface area (Å²) in [6.07, 6.45) is 3.58. The van der Waals surface area contributed by atoms with Crippen LogP contribution in [0.15, 0.2) is 24.4 Å². The van der Waals surface area contributed by atoms with Crippen molar-refractivity contribution in [1.82, 2.24) is 14.9 Å². The molecule has 0 radical (unpaired) electrons. The molecule has 37 heavy (non-hydrogen) atoms. The van der Waals surface area contributed by atoms with Gasteiger partial charge in [0.05, 0.1) is 21.1 Å². The number of piperazine rings is 1.